The van der Waals surface area contributed by atoms with Gasteiger partial charge in [-0.25, -0.2) is 0 Å². The van der Waals surface area contributed by atoms with Gasteiger partial charge >= 0.3 is 0 Å². The molecule has 0 radical (unpaired) electrons. The molecule has 4 aromatic carbocycles. The lowest BCUT2D eigenvalue weighted by Gasteiger charge is -2.14. The summed E-state index contributed by atoms with van der Waals surface area (Å²) in [5.74, 6) is 0.647. The van der Waals surface area contributed by atoms with Crippen LogP contribution in [0, 0.1) is 0 Å². The Morgan fingerprint density at radius 3 is 2.00 bits per heavy atom. The molecular formula is C34H33N3O6S. The molecule has 0 fully saturated rings. The number of carbonyl (C=O) groups is 3. The average molecular weight is 612 g/mol. The molecule has 0 saturated carbocycles. The summed E-state index contributed by atoms with van der Waals surface area (Å²) < 4.78 is 15.8. The maximum atomic E-state index is 13.4. The molecule has 1 unspecified atom stereocenters. The molecule has 3 amide bonds. The number of methoxy groups -OCH3 is 3. The molecule has 0 aromatic heterocycles. The highest BCUT2D eigenvalue weighted by molar-refractivity contribution is 8.00. The average Bonchev–Trinajstić information content (AvgIpc) is 3.05. The van der Waals surface area contributed by atoms with E-state index in [-0.39, 0.29) is 11.6 Å². The van der Waals surface area contributed by atoms with Crippen LogP contribution in [0.25, 0.3) is 6.08 Å². The number of carbonyl (C=O) groups excluding carboxylic acids is 3. The van der Waals surface area contributed by atoms with Gasteiger partial charge in [-0.15, -0.1) is 11.8 Å². The van der Waals surface area contributed by atoms with Crippen molar-refractivity contribution in [3.8, 4) is 17.2 Å². The maximum absolute atomic E-state index is 13.4. The molecule has 0 heterocycles. The summed E-state index contributed by atoms with van der Waals surface area (Å²) in [6.45, 7) is 1.80. The molecule has 3 N–H and O–H groups in total. The highest BCUT2D eigenvalue weighted by atomic mass is 32.2. The Hall–Kier alpha value is -5.22. The first-order valence-corrected chi connectivity index (χ1v) is 14.5. The molecular weight excluding hydrogens is 578 g/mol. The molecule has 0 bridgehead atoms. The van der Waals surface area contributed by atoms with Crippen LogP contribution >= 0.6 is 11.8 Å². The largest absolute Gasteiger partial charge is 0.497 e. The van der Waals surface area contributed by atoms with E-state index in [1.54, 1.807) is 113 Å². The number of amides is 3. The Balaban J connectivity index is 1.43. The molecule has 4 rings (SSSR count). The summed E-state index contributed by atoms with van der Waals surface area (Å²) in [4.78, 5) is 40.0. The van der Waals surface area contributed by atoms with Crippen LogP contribution in [-0.2, 0) is 9.59 Å². The fourth-order valence-corrected chi connectivity index (χ4v) is 4.90. The molecule has 9 nitrogen and oxygen atoms in total. The van der Waals surface area contributed by atoms with Gasteiger partial charge in [-0.1, -0.05) is 30.3 Å². The molecule has 10 heteroatoms. The summed E-state index contributed by atoms with van der Waals surface area (Å²) in [6, 6.07) is 28.1. The highest BCUT2D eigenvalue weighted by Gasteiger charge is 2.17. The van der Waals surface area contributed by atoms with Crippen LogP contribution in [-0.4, -0.2) is 44.3 Å². The molecule has 0 aliphatic heterocycles. The van der Waals surface area contributed by atoms with Crippen molar-refractivity contribution >= 4 is 46.9 Å². The number of anilines is 2. The lowest BCUT2D eigenvalue weighted by atomic mass is 10.1. The predicted molar refractivity (Wildman–Crippen MR) is 173 cm³/mol. The van der Waals surface area contributed by atoms with Gasteiger partial charge in [0.25, 0.3) is 11.8 Å². The van der Waals surface area contributed by atoms with Gasteiger partial charge in [0.2, 0.25) is 5.91 Å². The van der Waals surface area contributed by atoms with E-state index in [9.17, 15) is 14.4 Å². The van der Waals surface area contributed by atoms with E-state index >= 15 is 0 Å². The lowest BCUT2D eigenvalue weighted by molar-refractivity contribution is -0.115. The van der Waals surface area contributed by atoms with E-state index in [1.807, 2.05) is 18.2 Å². The predicted octanol–water partition coefficient (Wildman–Crippen LogP) is 6.24. The van der Waals surface area contributed by atoms with Crippen molar-refractivity contribution in [3.05, 3.63) is 114 Å². The second-order valence-electron chi connectivity index (χ2n) is 9.48. The third kappa shape index (κ3) is 8.89. The van der Waals surface area contributed by atoms with Crippen LogP contribution in [0.2, 0.25) is 0 Å². The minimum atomic E-state index is -0.501. The number of ether oxygens (including phenoxy) is 3. The smallest absolute Gasteiger partial charge is 0.272 e. The van der Waals surface area contributed by atoms with Gasteiger partial charge in [0.05, 0.1) is 26.6 Å². The summed E-state index contributed by atoms with van der Waals surface area (Å²) in [5.41, 5.74) is 2.24. The number of nitrogens with one attached hydrogen (secondary N) is 3. The number of benzene rings is 4. The maximum Gasteiger partial charge on any atom is 0.272 e. The second-order valence-corrected chi connectivity index (χ2v) is 10.9. The van der Waals surface area contributed by atoms with Crippen molar-refractivity contribution in [3.63, 3.8) is 0 Å². The van der Waals surface area contributed by atoms with Crippen LogP contribution in [0.4, 0.5) is 11.4 Å². The first kappa shape index (κ1) is 31.7. The van der Waals surface area contributed by atoms with Gasteiger partial charge in [-0.3, -0.25) is 14.4 Å². The third-order valence-electron chi connectivity index (χ3n) is 6.35. The molecule has 44 heavy (non-hydrogen) atoms. The zero-order valence-electron chi connectivity index (χ0n) is 24.8. The van der Waals surface area contributed by atoms with Crippen LogP contribution < -0.4 is 30.2 Å². The van der Waals surface area contributed by atoms with E-state index in [4.69, 9.17) is 14.2 Å². The van der Waals surface area contributed by atoms with Crippen LogP contribution in [0.5, 0.6) is 17.2 Å². The van der Waals surface area contributed by atoms with E-state index in [0.717, 1.165) is 4.90 Å². The first-order chi connectivity index (χ1) is 21.3. The summed E-state index contributed by atoms with van der Waals surface area (Å²) >= 11 is 1.37. The van der Waals surface area contributed by atoms with E-state index < -0.39 is 17.1 Å². The summed E-state index contributed by atoms with van der Waals surface area (Å²) in [5, 5.41) is 8.04. The quantitative estimate of drug-likeness (QED) is 0.128. The Kier molecular flexibility index (Phi) is 11.0. The molecule has 0 spiro atoms. The SMILES string of the molecule is COc1cccc(/C=C(\NC(=O)c2ccccc2)C(=O)Nc2ccc(SC(C)C(=O)Nc3cc(OC)cc(OC)c3)cc2)c1. The Morgan fingerprint density at radius 2 is 1.36 bits per heavy atom. The number of rotatable bonds is 12. The topological polar surface area (TPSA) is 115 Å². The monoisotopic (exact) mass is 611 g/mol. The molecule has 0 saturated heterocycles. The van der Waals surface area contributed by atoms with Gasteiger partial charge in [-0.05, 0) is 67.1 Å². The van der Waals surface area contributed by atoms with E-state index in [2.05, 4.69) is 16.0 Å². The van der Waals surface area contributed by atoms with Crippen molar-refractivity contribution in [1.29, 1.82) is 0 Å². The molecule has 0 aliphatic carbocycles. The van der Waals surface area contributed by atoms with Crippen LogP contribution in [0.3, 0.4) is 0 Å². The number of thioether (sulfide) groups is 1. The number of hydrogen-bond donors (Lipinski definition) is 3. The Morgan fingerprint density at radius 1 is 0.705 bits per heavy atom. The van der Waals surface area contributed by atoms with Crippen LogP contribution in [0.15, 0.2) is 108 Å². The molecule has 226 valence electrons. The fourth-order valence-electron chi connectivity index (χ4n) is 4.04. The summed E-state index contributed by atoms with van der Waals surface area (Å²) in [7, 11) is 4.65. The van der Waals surface area contributed by atoms with Gasteiger partial charge in [0.15, 0.2) is 0 Å². The minimum absolute atomic E-state index is 0.0602. The molecule has 4 aromatic rings. The summed E-state index contributed by atoms with van der Waals surface area (Å²) in [6.07, 6.45) is 1.58. The van der Waals surface area contributed by atoms with Crippen LogP contribution in [0.1, 0.15) is 22.8 Å². The normalized spacial score (nSPS) is 11.6. The van der Waals surface area contributed by atoms with Crippen molar-refractivity contribution < 1.29 is 28.6 Å². The molecule has 0 aliphatic rings. The van der Waals surface area contributed by atoms with Crippen molar-refractivity contribution in [2.45, 2.75) is 17.1 Å². The first-order valence-electron chi connectivity index (χ1n) is 13.6. The minimum Gasteiger partial charge on any atom is -0.497 e. The highest BCUT2D eigenvalue weighted by Crippen LogP contribution is 2.29. The van der Waals surface area contributed by atoms with Gasteiger partial charge in [0.1, 0.15) is 22.9 Å². The zero-order valence-corrected chi connectivity index (χ0v) is 25.6. The van der Waals surface area contributed by atoms with Gasteiger partial charge < -0.3 is 30.2 Å². The van der Waals surface area contributed by atoms with Crippen molar-refractivity contribution in [2.75, 3.05) is 32.0 Å². The fraction of sp³-hybridized carbons (Fsp3) is 0.147. The standard InChI is InChI=1S/C34H33N3O6S/c1-22(32(38)36-26-19-28(42-3)21-29(20-26)43-4)44-30-15-13-25(14-16-30)35-34(40)31(18-23-9-8-12-27(17-23)41-2)37-33(39)24-10-6-5-7-11-24/h5-22H,1-4H3,(H,35,40)(H,36,38)(H,37,39)/b31-18-. The Labute approximate surface area is 260 Å². The Bertz CT molecular complexity index is 1620. The van der Waals surface area contributed by atoms with Gasteiger partial charge in [0, 0.05) is 40.0 Å². The van der Waals surface area contributed by atoms with Gasteiger partial charge in [-0.2, -0.15) is 0 Å². The van der Waals surface area contributed by atoms with Crippen molar-refractivity contribution in [2.24, 2.45) is 0 Å². The third-order valence-corrected chi connectivity index (χ3v) is 7.46. The second kappa shape index (κ2) is 15.3. The number of hydrogen-bond acceptors (Lipinski definition) is 7. The van der Waals surface area contributed by atoms with E-state index in [0.29, 0.717) is 39.8 Å². The molecule has 1 atom stereocenters. The zero-order chi connectivity index (χ0) is 31.5. The van der Waals surface area contributed by atoms with Crippen molar-refractivity contribution in [1.82, 2.24) is 5.32 Å². The lowest BCUT2D eigenvalue weighted by Crippen LogP contribution is -2.30. The van der Waals surface area contributed by atoms with E-state index in [1.165, 1.54) is 11.8 Å².